The van der Waals surface area contributed by atoms with Crippen LogP contribution in [-0.4, -0.2) is 42.0 Å². The summed E-state index contributed by atoms with van der Waals surface area (Å²) < 4.78 is 123. The number of ether oxygens (including phenoxy) is 1. The van der Waals surface area contributed by atoms with Gasteiger partial charge in [0.1, 0.15) is 5.58 Å². The maximum atomic E-state index is 14.3. The number of carbonyl (C=O) groups excluding carboxylic acids is 1. The van der Waals surface area contributed by atoms with Gasteiger partial charge in [-0.2, -0.15) is 35.1 Å². The summed E-state index contributed by atoms with van der Waals surface area (Å²) in [7, 11) is 0. The van der Waals surface area contributed by atoms with Crippen LogP contribution in [0.4, 0.5) is 35.1 Å². The fourth-order valence-corrected chi connectivity index (χ4v) is 5.49. The molecule has 0 bridgehead atoms. The number of esters is 1. The Morgan fingerprint density at radius 3 is 2.20 bits per heavy atom. The average Bonchev–Trinajstić information content (AvgIpc) is 2.96. The number of halogens is 8. The molecule has 1 heterocycles. The lowest BCUT2D eigenvalue weighted by molar-refractivity contribution is -0.367. The van der Waals surface area contributed by atoms with Gasteiger partial charge in [-0.1, -0.05) is 50.6 Å². The van der Waals surface area contributed by atoms with Crippen LogP contribution in [0.5, 0.6) is 0 Å². The Morgan fingerprint density at radius 2 is 1.58 bits per heavy atom. The van der Waals surface area contributed by atoms with E-state index in [-0.39, 0.29) is 10.5 Å². The number of unbranched alkanes of at least 4 members (excludes halogenated alkanes) is 2. The zero-order chi connectivity index (χ0) is 33.6. The number of benzene rings is 2. The summed E-state index contributed by atoms with van der Waals surface area (Å²) in [6, 6.07) is 11.6. The van der Waals surface area contributed by atoms with E-state index in [1.165, 1.54) is 18.2 Å². The van der Waals surface area contributed by atoms with E-state index >= 15 is 0 Å². The highest BCUT2D eigenvalue weighted by Crippen LogP contribution is 2.54. The van der Waals surface area contributed by atoms with Crippen molar-refractivity contribution in [3.8, 4) is 11.1 Å². The maximum absolute atomic E-state index is 14.3. The lowest BCUT2D eigenvalue weighted by Crippen LogP contribution is -2.62. The molecule has 0 fully saturated rings. The molecule has 0 radical (unpaired) electrons. The van der Waals surface area contributed by atoms with Crippen LogP contribution < -0.4 is 5.63 Å². The highest BCUT2D eigenvalue weighted by molar-refractivity contribution is 7.99. The predicted molar refractivity (Wildman–Crippen MR) is 157 cm³/mol. The van der Waals surface area contributed by atoms with Crippen LogP contribution in [0.15, 0.2) is 69.2 Å². The molecule has 0 aliphatic heterocycles. The fraction of sp³-hybridized carbons (Fsp3) is 0.438. The van der Waals surface area contributed by atoms with Crippen LogP contribution in [-0.2, 0) is 16.0 Å². The molecule has 13 heteroatoms. The molecule has 246 valence electrons. The van der Waals surface area contributed by atoms with Gasteiger partial charge in [0.05, 0.1) is 18.6 Å². The Labute approximate surface area is 258 Å². The fourth-order valence-electron chi connectivity index (χ4n) is 4.54. The molecule has 2 aromatic carbocycles. The van der Waals surface area contributed by atoms with Crippen molar-refractivity contribution in [2.24, 2.45) is 0 Å². The molecule has 45 heavy (non-hydrogen) atoms. The SMILES string of the molecule is C=CC(=O)OCCC(F)(F)C(F)(F)C(F)(F)C(F)(F)CCSc1ccc2cc(-c3ccc(CCCCC)cc3C)c(=O)oc2c1. The first-order valence-corrected chi connectivity index (χ1v) is 15.1. The van der Waals surface area contributed by atoms with Gasteiger partial charge in [-0.25, -0.2) is 9.59 Å². The van der Waals surface area contributed by atoms with Gasteiger partial charge in [0, 0.05) is 28.5 Å². The van der Waals surface area contributed by atoms with Gasteiger partial charge in [0.2, 0.25) is 0 Å². The third-order valence-corrected chi connectivity index (χ3v) is 8.18. The first-order chi connectivity index (χ1) is 21.0. The molecule has 3 aromatic rings. The lowest BCUT2D eigenvalue weighted by atomic mass is 9.95. The molecule has 0 spiro atoms. The molecule has 0 saturated carbocycles. The second-order valence-corrected chi connectivity index (χ2v) is 11.7. The predicted octanol–water partition coefficient (Wildman–Crippen LogP) is 9.64. The van der Waals surface area contributed by atoms with Crippen molar-refractivity contribution < 1.29 is 49.1 Å². The molecule has 0 N–H and O–H groups in total. The molecule has 0 amide bonds. The normalized spacial score (nSPS) is 12.8. The van der Waals surface area contributed by atoms with E-state index < -0.39 is 60.5 Å². The molecule has 0 aliphatic rings. The van der Waals surface area contributed by atoms with Gasteiger partial charge < -0.3 is 9.15 Å². The van der Waals surface area contributed by atoms with E-state index in [4.69, 9.17) is 4.42 Å². The van der Waals surface area contributed by atoms with E-state index in [1.54, 1.807) is 6.07 Å². The number of aryl methyl sites for hydroxylation is 2. The van der Waals surface area contributed by atoms with Crippen LogP contribution in [0.1, 0.15) is 50.2 Å². The summed E-state index contributed by atoms with van der Waals surface area (Å²) in [6.45, 7) is 5.51. The van der Waals surface area contributed by atoms with Crippen LogP contribution in [0.3, 0.4) is 0 Å². The van der Waals surface area contributed by atoms with Crippen molar-refractivity contribution in [3.05, 3.63) is 76.7 Å². The molecule has 3 rings (SSSR count). The minimum Gasteiger partial charge on any atom is -0.462 e. The topological polar surface area (TPSA) is 56.5 Å². The number of carbonyl (C=O) groups is 1. The first-order valence-electron chi connectivity index (χ1n) is 14.1. The van der Waals surface area contributed by atoms with Gasteiger partial charge in [0.25, 0.3) is 0 Å². The molecular formula is C32H32F8O4S. The van der Waals surface area contributed by atoms with Gasteiger partial charge in [-0.3, -0.25) is 0 Å². The van der Waals surface area contributed by atoms with Gasteiger partial charge in [-0.15, -0.1) is 11.8 Å². The second-order valence-electron chi connectivity index (χ2n) is 10.5. The van der Waals surface area contributed by atoms with E-state index in [1.807, 2.05) is 25.1 Å². The number of fused-ring (bicyclic) bond motifs is 1. The third-order valence-electron chi connectivity index (χ3n) is 7.18. The monoisotopic (exact) mass is 664 g/mol. The highest BCUT2D eigenvalue weighted by atomic mass is 32.2. The third kappa shape index (κ3) is 8.09. The number of rotatable bonds is 16. The summed E-state index contributed by atoms with van der Waals surface area (Å²) in [5, 5.41) is 0.484. The standard InChI is InChI=1S/C32H32F8O4S/c1-4-6-7-8-21-9-12-24(20(3)17-21)25-18-22-10-11-23(19-26(22)44-28(25)42)45-16-14-30(35,36)32(39,40)31(37,38)29(33,34)13-15-43-27(41)5-2/h5,9-12,17-19H,2,4,6-8,13-16H2,1,3H3. The van der Waals surface area contributed by atoms with Crippen LogP contribution in [0, 0.1) is 6.92 Å². The summed E-state index contributed by atoms with van der Waals surface area (Å²) >= 11 is 0.560. The minimum absolute atomic E-state index is 0.0722. The number of thioether (sulfide) groups is 1. The Hall–Kier alpha value is -3.35. The van der Waals surface area contributed by atoms with Crippen LogP contribution in [0.25, 0.3) is 22.1 Å². The molecule has 0 unspecified atom stereocenters. The van der Waals surface area contributed by atoms with Crippen molar-refractivity contribution in [3.63, 3.8) is 0 Å². The number of hydrogen-bond donors (Lipinski definition) is 0. The average molecular weight is 665 g/mol. The van der Waals surface area contributed by atoms with E-state index in [2.05, 4.69) is 18.2 Å². The molecular weight excluding hydrogens is 632 g/mol. The van der Waals surface area contributed by atoms with Crippen molar-refractivity contribution in [2.75, 3.05) is 12.4 Å². The second kappa shape index (κ2) is 14.4. The van der Waals surface area contributed by atoms with E-state index in [9.17, 15) is 44.7 Å². The van der Waals surface area contributed by atoms with Crippen LogP contribution >= 0.6 is 11.8 Å². The minimum atomic E-state index is -6.47. The number of hydrogen-bond acceptors (Lipinski definition) is 5. The quantitative estimate of drug-likeness (QED) is 0.0381. The van der Waals surface area contributed by atoms with Gasteiger partial charge in [-0.05, 0) is 54.7 Å². The van der Waals surface area contributed by atoms with Crippen LogP contribution in [0.2, 0.25) is 0 Å². The van der Waals surface area contributed by atoms with Gasteiger partial charge >= 0.3 is 35.3 Å². The van der Waals surface area contributed by atoms with Crippen molar-refractivity contribution in [1.82, 2.24) is 0 Å². The Balaban J connectivity index is 1.71. The molecule has 0 aliphatic carbocycles. The zero-order valence-corrected chi connectivity index (χ0v) is 25.4. The smallest absolute Gasteiger partial charge is 0.378 e. The van der Waals surface area contributed by atoms with E-state index in [0.29, 0.717) is 34.4 Å². The lowest BCUT2D eigenvalue weighted by Gasteiger charge is -2.36. The summed E-state index contributed by atoms with van der Waals surface area (Å²) in [6.07, 6.45) is 0.688. The zero-order valence-electron chi connectivity index (χ0n) is 24.5. The van der Waals surface area contributed by atoms with Gasteiger partial charge in [0.15, 0.2) is 0 Å². The van der Waals surface area contributed by atoms with Crippen molar-refractivity contribution in [1.29, 1.82) is 0 Å². The summed E-state index contributed by atoms with van der Waals surface area (Å²) in [4.78, 5) is 23.9. The van der Waals surface area contributed by atoms with E-state index in [0.717, 1.165) is 36.8 Å². The maximum Gasteiger partial charge on any atom is 0.378 e. The van der Waals surface area contributed by atoms with Crippen molar-refractivity contribution >= 4 is 28.7 Å². The highest BCUT2D eigenvalue weighted by Gasteiger charge is 2.79. The van der Waals surface area contributed by atoms with Crippen molar-refractivity contribution in [2.45, 2.75) is 81.0 Å². The Kier molecular flexibility index (Phi) is 11.5. The summed E-state index contributed by atoms with van der Waals surface area (Å²) in [5.74, 6) is -26.2. The molecule has 0 atom stereocenters. The molecule has 4 nitrogen and oxygen atoms in total. The summed E-state index contributed by atoms with van der Waals surface area (Å²) in [5.41, 5.74) is 2.40. The largest absolute Gasteiger partial charge is 0.462 e. The Morgan fingerprint density at radius 1 is 0.911 bits per heavy atom. The molecule has 0 saturated heterocycles. The first kappa shape index (κ1) is 36.1. The molecule has 1 aromatic heterocycles. The Bertz CT molecular complexity index is 1570. The number of alkyl halides is 8.